The molecule has 0 saturated heterocycles. The maximum absolute atomic E-state index is 5.32. The number of hydrogen-bond acceptors (Lipinski definition) is 3. The number of fused-ring (bicyclic) bond motifs is 1. The highest BCUT2D eigenvalue weighted by atomic mass is 32.1. The topological polar surface area (TPSA) is 37.9 Å². The van der Waals surface area contributed by atoms with Gasteiger partial charge < -0.3 is 9.72 Å². The first kappa shape index (κ1) is 8.84. The van der Waals surface area contributed by atoms with Crippen molar-refractivity contribution in [3.63, 3.8) is 0 Å². The van der Waals surface area contributed by atoms with Crippen LogP contribution in [0.2, 0.25) is 0 Å². The molecule has 0 saturated carbocycles. The predicted molar refractivity (Wildman–Crippen MR) is 52.2 cm³/mol. The van der Waals surface area contributed by atoms with Gasteiger partial charge in [-0.25, -0.2) is 4.98 Å². The normalized spacial score (nSPS) is 15.5. The second kappa shape index (κ2) is 3.55. The molecule has 0 unspecified atom stereocenters. The highest BCUT2D eigenvalue weighted by molar-refractivity contribution is 7.71. The van der Waals surface area contributed by atoms with E-state index in [2.05, 4.69) is 16.9 Å². The van der Waals surface area contributed by atoms with Crippen LogP contribution in [0.15, 0.2) is 0 Å². The third-order valence-electron chi connectivity index (χ3n) is 2.23. The molecule has 0 amide bonds. The molecule has 1 aromatic heterocycles. The van der Waals surface area contributed by atoms with Gasteiger partial charge in [0, 0.05) is 24.1 Å². The van der Waals surface area contributed by atoms with Crippen molar-refractivity contribution in [2.24, 2.45) is 0 Å². The van der Waals surface area contributed by atoms with Gasteiger partial charge in [0.25, 0.3) is 0 Å². The van der Waals surface area contributed by atoms with Crippen LogP contribution in [0.5, 0.6) is 0 Å². The molecular formula is C9H12N2OS. The summed E-state index contributed by atoms with van der Waals surface area (Å²) in [6.07, 6.45) is 1.83. The first-order chi connectivity index (χ1) is 6.31. The lowest BCUT2D eigenvalue weighted by Gasteiger charge is -2.16. The van der Waals surface area contributed by atoms with E-state index in [9.17, 15) is 0 Å². The summed E-state index contributed by atoms with van der Waals surface area (Å²) in [5.74, 6) is 0.977. The molecule has 4 heteroatoms. The fourth-order valence-corrected chi connectivity index (χ4v) is 1.77. The summed E-state index contributed by atoms with van der Waals surface area (Å²) in [5.41, 5.74) is 2.28. The van der Waals surface area contributed by atoms with E-state index in [4.69, 9.17) is 17.0 Å². The second-order valence-electron chi connectivity index (χ2n) is 3.10. The van der Waals surface area contributed by atoms with Crippen LogP contribution in [0.4, 0.5) is 0 Å². The van der Waals surface area contributed by atoms with Gasteiger partial charge in [0.15, 0.2) is 0 Å². The van der Waals surface area contributed by atoms with Crippen molar-refractivity contribution < 1.29 is 4.74 Å². The summed E-state index contributed by atoms with van der Waals surface area (Å²) < 4.78 is 6.02. The molecule has 0 atom stereocenters. The van der Waals surface area contributed by atoms with E-state index in [1.165, 1.54) is 5.69 Å². The van der Waals surface area contributed by atoms with Crippen LogP contribution in [-0.2, 0) is 24.2 Å². The van der Waals surface area contributed by atoms with Crippen LogP contribution < -0.4 is 0 Å². The minimum atomic E-state index is 0.613. The van der Waals surface area contributed by atoms with E-state index in [0.717, 1.165) is 30.8 Å². The highest BCUT2D eigenvalue weighted by Gasteiger charge is 2.12. The minimum Gasteiger partial charge on any atom is -0.376 e. The van der Waals surface area contributed by atoms with Gasteiger partial charge in [0.1, 0.15) is 10.5 Å². The van der Waals surface area contributed by atoms with E-state index in [1.54, 1.807) is 0 Å². The molecule has 1 aliphatic heterocycles. The van der Waals surface area contributed by atoms with Crippen molar-refractivity contribution >= 4 is 12.2 Å². The molecule has 1 aliphatic rings. The van der Waals surface area contributed by atoms with Crippen LogP contribution in [0.1, 0.15) is 24.0 Å². The zero-order valence-corrected chi connectivity index (χ0v) is 8.41. The Hall–Kier alpha value is -0.740. The molecule has 0 aliphatic carbocycles. The Kier molecular flexibility index (Phi) is 2.42. The van der Waals surface area contributed by atoms with E-state index < -0.39 is 0 Å². The van der Waals surface area contributed by atoms with Gasteiger partial charge in [-0.2, -0.15) is 0 Å². The van der Waals surface area contributed by atoms with Crippen LogP contribution in [0.3, 0.4) is 0 Å². The Morgan fingerprint density at radius 2 is 2.46 bits per heavy atom. The first-order valence-corrected chi connectivity index (χ1v) is 4.90. The third-order valence-corrected chi connectivity index (χ3v) is 2.57. The SMILES string of the molecule is CCc1nc(=S)c2c([nH]1)CCOC2. The number of aromatic amines is 1. The summed E-state index contributed by atoms with van der Waals surface area (Å²) in [4.78, 5) is 7.58. The number of H-pyrrole nitrogens is 1. The largest absolute Gasteiger partial charge is 0.376 e. The molecule has 13 heavy (non-hydrogen) atoms. The number of ether oxygens (including phenoxy) is 1. The highest BCUT2D eigenvalue weighted by Crippen LogP contribution is 2.15. The van der Waals surface area contributed by atoms with Crippen molar-refractivity contribution in [1.29, 1.82) is 0 Å². The maximum Gasteiger partial charge on any atom is 0.135 e. The molecule has 2 heterocycles. The van der Waals surface area contributed by atoms with Gasteiger partial charge in [0.05, 0.1) is 13.2 Å². The molecule has 0 bridgehead atoms. The molecule has 2 rings (SSSR count). The van der Waals surface area contributed by atoms with Crippen molar-refractivity contribution in [2.75, 3.05) is 6.61 Å². The number of rotatable bonds is 1. The van der Waals surface area contributed by atoms with E-state index in [1.807, 2.05) is 0 Å². The van der Waals surface area contributed by atoms with Crippen LogP contribution in [0.25, 0.3) is 0 Å². The smallest absolute Gasteiger partial charge is 0.135 e. The molecule has 0 fully saturated rings. The molecule has 70 valence electrons. The number of nitrogens with zero attached hydrogens (tertiary/aromatic N) is 1. The predicted octanol–water partition coefficient (Wildman–Crippen LogP) is 1.77. The molecule has 0 spiro atoms. The summed E-state index contributed by atoms with van der Waals surface area (Å²) >= 11 is 5.18. The van der Waals surface area contributed by atoms with E-state index in [0.29, 0.717) is 11.2 Å². The summed E-state index contributed by atoms with van der Waals surface area (Å²) in [6, 6.07) is 0. The lowest BCUT2D eigenvalue weighted by atomic mass is 10.1. The lowest BCUT2D eigenvalue weighted by Crippen LogP contribution is -2.14. The zero-order valence-electron chi connectivity index (χ0n) is 7.59. The van der Waals surface area contributed by atoms with Gasteiger partial charge in [-0.15, -0.1) is 0 Å². The summed E-state index contributed by atoms with van der Waals surface area (Å²) in [6.45, 7) is 3.46. The number of nitrogens with one attached hydrogen (secondary N) is 1. The zero-order chi connectivity index (χ0) is 9.26. The number of aromatic nitrogens is 2. The quantitative estimate of drug-likeness (QED) is 0.696. The van der Waals surface area contributed by atoms with Gasteiger partial charge in [-0.1, -0.05) is 19.1 Å². The fourth-order valence-electron chi connectivity index (χ4n) is 1.47. The Balaban J connectivity index is 2.53. The van der Waals surface area contributed by atoms with Crippen molar-refractivity contribution in [3.8, 4) is 0 Å². The molecule has 3 nitrogen and oxygen atoms in total. The van der Waals surface area contributed by atoms with Crippen molar-refractivity contribution in [2.45, 2.75) is 26.4 Å². The molecule has 1 N–H and O–H groups in total. The minimum absolute atomic E-state index is 0.613. The average molecular weight is 196 g/mol. The van der Waals surface area contributed by atoms with Gasteiger partial charge >= 0.3 is 0 Å². The van der Waals surface area contributed by atoms with E-state index >= 15 is 0 Å². The Morgan fingerprint density at radius 3 is 3.23 bits per heavy atom. The molecule has 0 radical (unpaired) electrons. The Labute approximate surface area is 82.2 Å². The van der Waals surface area contributed by atoms with Gasteiger partial charge in [0.2, 0.25) is 0 Å². The third kappa shape index (κ3) is 1.64. The monoisotopic (exact) mass is 196 g/mol. The number of aryl methyl sites for hydroxylation is 1. The second-order valence-corrected chi connectivity index (χ2v) is 3.49. The number of hydrogen-bond donors (Lipinski definition) is 1. The van der Waals surface area contributed by atoms with Crippen LogP contribution >= 0.6 is 12.2 Å². The fraction of sp³-hybridized carbons (Fsp3) is 0.556. The van der Waals surface area contributed by atoms with E-state index in [-0.39, 0.29) is 0 Å². The Bertz CT molecular complexity index is 372. The standard InChI is InChI=1S/C9H12N2OS/c1-2-8-10-7-3-4-12-5-6(7)9(13)11-8/h2-5H2,1H3,(H,10,11,13). The van der Waals surface area contributed by atoms with Crippen molar-refractivity contribution in [3.05, 3.63) is 21.7 Å². The van der Waals surface area contributed by atoms with Gasteiger partial charge in [-0.3, -0.25) is 0 Å². The Morgan fingerprint density at radius 1 is 1.62 bits per heavy atom. The average Bonchev–Trinajstić information content (AvgIpc) is 2.18. The molecule has 0 aromatic carbocycles. The molecular weight excluding hydrogens is 184 g/mol. The van der Waals surface area contributed by atoms with Gasteiger partial charge in [-0.05, 0) is 0 Å². The first-order valence-electron chi connectivity index (χ1n) is 4.50. The molecule has 1 aromatic rings. The van der Waals surface area contributed by atoms with Crippen molar-refractivity contribution in [1.82, 2.24) is 9.97 Å². The summed E-state index contributed by atoms with van der Waals surface area (Å²) in [5, 5.41) is 0. The maximum atomic E-state index is 5.32. The van der Waals surface area contributed by atoms with Crippen LogP contribution in [0, 0.1) is 4.64 Å². The lowest BCUT2D eigenvalue weighted by molar-refractivity contribution is 0.108. The summed E-state index contributed by atoms with van der Waals surface area (Å²) in [7, 11) is 0. The van der Waals surface area contributed by atoms with Crippen LogP contribution in [-0.4, -0.2) is 16.6 Å².